The van der Waals surface area contributed by atoms with Crippen LogP contribution in [0, 0.1) is 17.1 Å². The van der Waals surface area contributed by atoms with E-state index in [0.29, 0.717) is 60.7 Å². The van der Waals surface area contributed by atoms with E-state index in [2.05, 4.69) is 9.97 Å². The zero-order valence-corrected chi connectivity index (χ0v) is 24.1. The van der Waals surface area contributed by atoms with Crippen LogP contribution in [-0.4, -0.2) is 72.8 Å². The fourth-order valence-corrected chi connectivity index (χ4v) is 5.53. The summed E-state index contributed by atoms with van der Waals surface area (Å²) in [6.45, 7) is 3.70. The number of aliphatic hydroxyl groups excluding tert-OH is 1. The van der Waals surface area contributed by atoms with Crippen LogP contribution in [0.15, 0.2) is 78.3 Å². The molecule has 0 bridgehead atoms. The smallest absolute Gasteiger partial charge is 0.264 e. The molecular weight excluding hydrogens is 563 g/mol. The Kier molecular flexibility index (Phi) is 7.95. The zero-order valence-electron chi connectivity index (χ0n) is 24.1. The van der Waals surface area contributed by atoms with Crippen LogP contribution in [0.3, 0.4) is 0 Å². The molecule has 0 saturated carbocycles. The van der Waals surface area contributed by atoms with Crippen LogP contribution < -0.4 is 10.5 Å². The number of benzene rings is 2. The highest BCUT2D eigenvalue weighted by Gasteiger charge is 2.31. The highest BCUT2D eigenvalue weighted by atomic mass is 19.1. The summed E-state index contributed by atoms with van der Waals surface area (Å²) in [5, 5.41) is 24.5. The number of nitrogens with two attached hydrogens (primary N) is 1. The number of fused-ring (bicyclic) bond motifs is 1. The van der Waals surface area contributed by atoms with Crippen LogP contribution in [0.5, 0.6) is 11.5 Å². The summed E-state index contributed by atoms with van der Waals surface area (Å²) in [5.41, 5.74) is 8.09. The van der Waals surface area contributed by atoms with Crippen molar-refractivity contribution >= 4 is 22.8 Å². The highest BCUT2D eigenvalue weighted by molar-refractivity contribution is 5.99. The Morgan fingerprint density at radius 2 is 1.91 bits per heavy atom. The molecule has 12 heteroatoms. The number of piperidine rings is 1. The van der Waals surface area contributed by atoms with Gasteiger partial charge in [-0.25, -0.2) is 19.0 Å². The van der Waals surface area contributed by atoms with E-state index >= 15 is 4.39 Å². The number of aliphatic hydroxyl groups is 1. The normalized spacial score (nSPS) is 17.8. The fraction of sp³-hybridized carbons (Fsp3) is 0.281. The van der Waals surface area contributed by atoms with Crippen molar-refractivity contribution in [3.63, 3.8) is 0 Å². The number of carbonyl (C=O) groups excluding carboxylic acids is 1. The first-order chi connectivity index (χ1) is 21.3. The molecule has 4 aromatic rings. The SMILES string of the molecule is C/C(=C/C=C(/C#N)C(=O)N1CCC[C@@H](n2nc(-c3ccc(Oc4ccccc4)cc3F)c3c(N)ncnc32)C1)N1CC(O)C1. The van der Waals surface area contributed by atoms with E-state index in [1.54, 1.807) is 39.9 Å². The van der Waals surface area contributed by atoms with Gasteiger partial charge in [-0.15, -0.1) is 0 Å². The molecule has 0 radical (unpaired) electrons. The molecule has 224 valence electrons. The second kappa shape index (κ2) is 12.1. The standard InChI is InChI=1S/C32H31FN8O3/c1-20(40-17-23(42)18-40)9-10-21(15-34)32(43)39-13-5-6-22(16-39)41-31-28(30(35)36-19-37-31)29(38-41)26-12-11-25(14-27(26)33)44-24-7-3-2-4-8-24/h2-4,7-12,14,19,22-23,42H,5-6,13,16-18H2,1H3,(H2,35,36,37)/b20-9-,21-10-/t22-/m1/s1. The summed E-state index contributed by atoms with van der Waals surface area (Å²) in [7, 11) is 0. The summed E-state index contributed by atoms with van der Waals surface area (Å²) in [6.07, 6.45) is 5.59. The van der Waals surface area contributed by atoms with Crippen LogP contribution in [0.1, 0.15) is 25.8 Å². The molecule has 2 aromatic carbocycles. The number of β-amino-alcohol motifs (C(OH)–C–C–N with tert-alkyl or cyclic N) is 1. The minimum absolute atomic E-state index is 0.0172. The summed E-state index contributed by atoms with van der Waals surface area (Å²) < 4.78 is 23.0. The van der Waals surface area contributed by atoms with Crippen LogP contribution in [0.25, 0.3) is 22.3 Å². The molecule has 3 N–H and O–H groups in total. The van der Waals surface area contributed by atoms with Gasteiger partial charge in [0.1, 0.15) is 46.8 Å². The Balaban J connectivity index is 1.27. The van der Waals surface area contributed by atoms with Gasteiger partial charge in [-0.3, -0.25) is 4.79 Å². The highest BCUT2D eigenvalue weighted by Crippen LogP contribution is 2.36. The number of anilines is 1. The van der Waals surface area contributed by atoms with Crippen molar-refractivity contribution in [3.8, 4) is 28.8 Å². The van der Waals surface area contributed by atoms with E-state index in [9.17, 15) is 15.2 Å². The van der Waals surface area contributed by atoms with Crippen molar-refractivity contribution in [2.45, 2.75) is 31.9 Å². The first kappa shape index (κ1) is 28.8. The molecule has 6 rings (SSSR count). The number of likely N-dealkylation sites (tertiary alicyclic amines) is 2. The third-order valence-corrected chi connectivity index (χ3v) is 7.93. The van der Waals surface area contributed by atoms with E-state index < -0.39 is 5.82 Å². The van der Waals surface area contributed by atoms with Gasteiger partial charge in [0.15, 0.2) is 5.65 Å². The Morgan fingerprint density at radius 1 is 1.11 bits per heavy atom. The minimum atomic E-state index is -0.548. The molecular formula is C32H31FN8O3. The van der Waals surface area contributed by atoms with Gasteiger partial charge in [0.05, 0.1) is 17.5 Å². The van der Waals surface area contributed by atoms with Crippen LogP contribution in [0.4, 0.5) is 10.2 Å². The lowest BCUT2D eigenvalue weighted by Gasteiger charge is -2.38. The fourth-order valence-electron chi connectivity index (χ4n) is 5.53. The number of aromatic nitrogens is 4. The topological polar surface area (TPSA) is 146 Å². The lowest BCUT2D eigenvalue weighted by molar-refractivity contribution is -0.128. The maximum absolute atomic E-state index is 15.5. The van der Waals surface area contributed by atoms with Crippen molar-refractivity contribution in [2.24, 2.45) is 0 Å². The van der Waals surface area contributed by atoms with E-state index in [1.165, 1.54) is 18.5 Å². The van der Waals surface area contributed by atoms with Gasteiger partial charge in [0, 0.05) is 43.5 Å². The van der Waals surface area contributed by atoms with Crippen LogP contribution in [-0.2, 0) is 4.79 Å². The van der Waals surface area contributed by atoms with Gasteiger partial charge in [0.2, 0.25) is 0 Å². The van der Waals surface area contributed by atoms with Gasteiger partial charge in [-0.1, -0.05) is 18.2 Å². The molecule has 2 aliphatic heterocycles. The maximum atomic E-state index is 15.5. The average Bonchev–Trinajstić information content (AvgIpc) is 3.41. The Labute approximate surface area is 253 Å². The summed E-state index contributed by atoms with van der Waals surface area (Å²) >= 11 is 0. The third-order valence-electron chi connectivity index (χ3n) is 7.93. The number of nitrogens with zero attached hydrogens (tertiary/aromatic N) is 7. The second-order valence-electron chi connectivity index (χ2n) is 10.9. The molecule has 2 saturated heterocycles. The number of carbonyl (C=O) groups is 1. The predicted molar refractivity (Wildman–Crippen MR) is 162 cm³/mol. The monoisotopic (exact) mass is 594 g/mol. The van der Waals surface area contributed by atoms with E-state index in [1.807, 2.05) is 36.1 Å². The molecule has 44 heavy (non-hydrogen) atoms. The Morgan fingerprint density at radius 3 is 2.64 bits per heavy atom. The van der Waals surface area contributed by atoms with Gasteiger partial charge < -0.3 is 25.4 Å². The Hall–Kier alpha value is -5.28. The average molecular weight is 595 g/mol. The lowest BCUT2D eigenvalue weighted by atomic mass is 10.0. The number of halogens is 1. The van der Waals surface area contributed by atoms with Crippen molar-refractivity contribution in [1.82, 2.24) is 29.5 Å². The molecule has 0 aliphatic carbocycles. The number of hydrogen-bond acceptors (Lipinski definition) is 9. The molecule has 2 aliphatic rings. The largest absolute Gasteiger partial charge is 0.457 e. The summed E-state index contributed by atoms with van der Waals surface area (Å²) in [6, 6.07) is 15.4. The number of para-hydroxylation sites is 1. The van der Waals surface area contributed by atoms with E-state index in [4.69, 9.17) is 15.6 Å². The zero-order chi connectivity index (χ0) is 30.8. The second-order valence-corrected chi connectivity index (χ2v) is 10.9. The van der Waals surface area contributed by atoms with Gasteiger partial charge in [-0.2, -0.15) is 10.4 Å². The molecule has 1 amide bonds. The van der Waals surface area contributed by atoms with Gasteiger partial charge >= 0.3 is 0 Å². The van der Waals surface area contributed by atoms with E-state index in [0.717, 1.165) is 5.70 Å². The van der Waals surface area contributed by atoms with Crippen LogP contribution in [0.2, 0.25) is 0 Å². The molecule has 0 unspecified atom stereocenters. The number of hydrogen-bond donors (Lipinski definition) is 2. The number of ether oxygens (including phenoxy) is 1. The molecule has 4 heterocycles. The molecule has 11 nitrogen and oxygen atoms in total. The summed E-state index contributed by atoms with van der Waals surface area (Å²) in [5.74, 6) is 0.153. The van der Waals surface area contributed by atoms with Crippen molar-refractivity contribution in [1.29, 1.82) is 5.26 Å². The Bertz CT molecular complexity index is 1810. The minimum Gasteiger partial charge on any atom is -0.457 e. The number of rotatable bonds is 7. The van der Waals surface area contributed by atoms with Crippen molar-refractivity contribution in [3.05, 3.63) is 84.1 Å². The van der Waals surface area contributed by atoms with Crippen molar-refractivity contribution in [2.75, 3.05) is 31.9 Å². The third kappa shape index (κ3) is 5.69. The molecule has 2 aromatic heterocycles. The summed E-state index contributed by atoms with van der Waals surface area (Å²) in [4.78, 5) is 25.6. The van der Waals surface area contributed by atoms with Crippen LogP contribution >= 0.6 is 0 Å². The molecule has 0 spiro atoms. The van der Waals surface area contributed by atoms with Crippen molar-refractivity contribution < 1.29 is 19.0 Å². The number of nitrogen functional groups attached to an aromatic ring is 1. The number of allylic oxidation sites excluding steroid dienone is 3. The van der Waals surface area contributed by atoms with Gasteiger partial charge in [-0.05, 0) is 56.2 Å². The number of nitriles is 1. The molecule has 1 atom stereocenters. The van der Waals surface area contributed by atoms with Gasteiger partial charge in [0.25, 0.3) is 5.91 Å². The van der Waals surface area contributed by atoms with E-state index in [-0.39, 0.29) is 41.6 Å². The number of amides is 1. The predicted octanol–water partition coefficient (Wildman–Crippen LogP) is 4.20. The first-order valence-corrected chi connectivity index (χ1v) is 14.3. The molecule has 2 fully saturated rings. The maximum Gasteiger partial charge on any atom is 0.264 e. The lowest BCUT2D eigenvalue weighted by Crippen LogP contribution is -2.49. The first-order valence-electron chi connectivity index (χ1n) is 14.3. The quantitative estimate of drug-likeness (QED) is 0.183.